The van der Waals surface area contributed by atoms with Gasteiger partial charge in [0.25, 0.3) is 0 Å². The second-order valence-electron chi connectivity index (χ2n) is 4.91. The summed E-state index contributed by atoms with van der Waals surface area (Å²) in [7, 11) is 0. The van der Waals surface area contributed by atoms with Crippen LogP contribution in [-0.4, -0.2) is 4.98 Å². The molecule has 0 bridgehead atoms. The van der Waals surface area contributed by atoms with Crippen LogP contribution in [0.5, 0.6) is 0 Å². The fraction of sp³-hybridized carbons (Fsp3) is 0.667. The summed E-state index contributed by atoms with van der Waals surface area (Å²) >= 11 is 0. The molecule has 1 heterocycles. The quantitative estimate of drug-likeness (QED) is 0.561. The van der Waals surface area contributed by atoms with Gasteiger partial charge in [-0.15, -0.1) is 0 Å². The summed E-state index contributed by atoms with van der Waals surface area (Å²) in [4.78, 5) is 4.49. The lowest BCUT2D eigenvalue weighted by Gasteiger charge is -2.08. The highest BCUT2D eigenvalue weighted by atomic mass is 16.5. The molecule has 0 N–H and O–H groups in total. The Labute approximate surface area is 91.7 Å². The number of nitrogens with zero attached hydrogens (tertiary/aromatic N) is 2. The Hall–Kier alpha value is -1.12. The molecule has 3 nitrogen and oxygen atoms in total. The lowest BCUT2D eigenvalue weighted by atomic mass is 10.1. The van der Waals surface area contributed by atoms with Gasteiger partial charge < -0.3 is 5.21 Å². The van der Waals surface area contributed by atoms with Gasteiger partial charge in [0.2, 0.25) is 12.4 Å². The average molecular weight is 208 g/mol. The first-order valence-corrected chi connectivity index (χ1v) is 5.56. The molecule has 84 valence electrons. The standard InChI is InChI=1S/C12H20N2O/c1-9(2)5-11-7-14(15)8-12(13-11)6-10(3)4/h7-10H,5-6H2,1-4H3. The van der Waals surface area contributed by atoms with Crippen LogP contribution in [-0.2, 0) is 12.8 Å². The third-order valence-corrected chi connectivity index (χ3v) is 2.07. The number of hydrogen-bond acceptors (Lipinski definition) is 2. The van der Waals surface area contributed by atoms with E-state index in [4.69, 9.17) is 0 Å². The Kier molecular flexibility index (Phi) is 4.06. The van der Waals surface area contributed by atoms with Crippen molar-refractivity contribution in [3.05, 3.63) is 29.0 Å². The first kappa shape index (κ1) is 12.0. The van der Waals surface area contributed by atoms with Crippen molar-refractivity contribution in [3.63, 3.8) is 0 Å². The molecule has 0 fully saturated rings. The molecule has 15 heavy (non-hydrogen) atoms. The minimum atomic E-state index is 0.534. The molecule has 0 saturated carbocycles. The van der Waals surface area contributed by atoms with E-state index in [0.717, 1.165) is 29.0 Å². The summed E-state index contributed by atoms with van der Waals surface area (Å²) in [6.45, 7) is 8.52. The summed E-state index contributed by atoms with van der Waals surface area (Å²) in [6, 6.07) is 0. The maximum Gasteiger partial charge on any atom is 0.201 e. The Balaban J connectivity index is 2.84. The van der Waals surface area contributed by atoms with Crippen molar-refractivity contribution < 1.29 is 4.73 Å². The van der Waals surface area contributed by atoms with Crippen molar-refractivity contribution in [1.82, 2.24) is 4.98 Å². The molecule has 0 aliphatic carbocycles. The van der Waals surface area contributed by atoms with Crippen LogP contribution in [0.15, 0.2) is 12.4 Å². The summed E-state index contributed by atoms with van der Waals surface area (Å²) in [5, 5.41) is 11.4. The van der Waals surface area contributed by atoms with Crippen molar-refractivity contribution in [2.75, 3.05) is 0 Å². The number of rotatable bonds is 4. The van der Waals surface area contributed by atoms with Gasteiger partial charge in [-0.05, 0) is 24.7 Å². The first-order chi connectivity index (χ1) is 6.97. The zero-order chi connectivity index (χ0) is 11.4. The summed E-state index contributed by atoms with van der Waals surface area (Å²) in [5.74, 6) is 1.07. The van der Waals surface area contributed by atoms with Crippen molar-refractivity contribution >= 4 is 0 Å². The van der Waals surface area contributed by atoms with E-state index in [-0.39, 0.29) is 0 Å². The average Bonchev–Trinajstić information content (AvgIpc) is 1.98. The van der Waals surface area contributed by atoms with Gasteiger partial charge in [0.05, 0.1) is 0 Å². The highest BCUT2D eigenvalue weighted by Crippen LogP contribution is 2.07. The molecule has 0 unspecified atom stereocenters. The normalized spacial score (nSPS) is 11.3. The molecule has 1 aromatic rings. The second kappa shape index (κ2) is 5.10. The van der Waals surface area contributed by atoms with Crippen molar-refractivity contribution in [2.45, 2.75) is 40.5 Å². The lowest BCUT2D eigenvalue weighted by Crippen LogP contribution is -2.28. The predicted molar refractivity (Wildman–Crippen MR) is 60.3 cm³/mol. The summed E-state index contributed by atoms with van der Waals surface area (Å²) < 4.78 is 0.877. The Bertz CT molecular complexity index is 293. The maximum absolute atomic E-state index is 11.4. The Morgan fingerprint density at radius 3 is 1.80 bits per heavy atom. The fourth-order valence-corrected chi connectivity index (χ4v) is 1.61. The van der Waals surface area contributed by atoms with Gasteiger partial charge >= 0.3 is 0 Å². The molecular weight excluding hydrogens is 188 g/mol. The van der Waals surface area contributed by atoms with Crippen LogP contribution in [0, 0.1) is 17.0 Å². The van der Waals surface area contributed by atoms with E-state index < -0.39 is 0 Å². The van der Waals surface area contributed by atoms with E-state index in [1.165, 1.54) is 0 Å². The van der Waals surface area contributed by atoms with Crippen LogP contribution in [0.3, 0.4) is 0 Å². The molecule has 0 amide bonds. The SMILES string of the molecule is CC(C)Cc1c[n+]([O-])cc(CC(C)C)n1. The van der Waals surface area contributed by atoms with E-state index in [9.17, 15) is 5.21 Å². The van der Waals surface area contributed by atoms with Crippen LogP contribution in [0.1, 0.15) is 39.1 Å². The molecule has 0 spiro atoms. The zero-order valence-electron chi connectivity index (χ0n) is 10.0. The van der Waals surface area contributed by atoms with E-state index in [0.29, 0.717) is 11.8 Å². The van der Waals surface area contributed by atoms with Crippen LogP contribution < -0.4 is 4.73 Å². The van der Waals surface area contributed by atoms with Crippen LogP contribution in [0.25, 0.3) is 0 Å². The minimum Gasteiger partial charge on any atom is -0.619 e. The molecule has 0 aromatic carbocycles. The second-order valence-corrected chi connectivity index (χ2v) is 4.91. The molecule has 0 saturated heterocycles. The smallest absolute Gasteiger partial charge is 0.201 e. The van der Waals surface area contributed by atoms with Crippen molar-refractivity contribution in [2.24, 2.45) is 11.8 Å². The first-order valence-electron chi connectivity index (χ1n) is 5.56. The topological polar surface area (TPSA) is 39.8 Å². The zero-order valence-corrected chi connectivity index (χ0v) is 10.0. The largest absolute Gasteiger partial charge is 0.619 e. The predicted octanol–water partition coefficient (Wildman–Crippen LogP) is 2.11. The van der Waals surface area contributed by atoms with E-state index in [2.05, 4.69) is 32.7 Å². The van der Waals surface area contributed by atoms with E-state index in [1.807, 2.05) is 0 Å². The van der Waals surface area contributed by atoms with Gasteiger partial charge in [-0.2, -0.15) is 4.73 Å². The molecule has 0 aliphatic heterocycles. The maximum atomic E-state index is 11.4. The molecule has 0 aliphatic rings. The number of hydrogen-bond donors (Lipinski definition) is 0. The fourth-order valence-electron chi connectivity index (χ4n) is 1.61. The van der Waals surface area contributed by atoms with E-state index in [1.54, 1.807) is 12.4 Å². The molecule has 0 radical (unpaired) electrons. The minimum absolute atomic E-state index is 0.534. The van der Waals surface area contributed by atoms with Crippen LogP contribution >= 0.6 is 0 Å². The van der Waals surface area contributed by atoms with E-state index >= 15 is 0 Å². The third-order valence-electron chi connectivity index (χ3n) is 2.07. The molecule has 1 rings (SSSR count). The van der Waals surface area contributed by atoms with Crippen LogP contribution in [0.2, 0.25) is 0 Å². The highest BCUT2D eigenvalue weighted by molar-refractivity contribution is 5.00. The van der Waals surface area contributed by atoms with Gasteiger partial charge in [-0.25, -0.2) is 4.98 Å². The molecular formula is C12H20N2O. The van der Waals surface area contributed by atoms with Crippen molar-refractivity contribution in [3.8, 4) is 0 Å². The molecule has 1 aromatic heterocycles. The van der Waals surface area contributed by atoms with Gasteiger partial charge in [0, 0.05) is 0 Å². The van der Waals surface area contributed by atoms with Gasteiger partial charge in [-0.3, -0.25) is 0 Å². The summed E-state index contributed by atoms with van der Waals surface area (Å²) in [6.07, 6.45) is 4.88. The lowest BCUT2D eigenvalue weighted by molar-refractivity contribution is -0.607. The molecule has 0 atom stereocenters. The van der Waals surface area contributed by atoms with Gasteiger partial charge in [-0.1, -0.05) is 27.7 Å². The Morgan fingerprint density at radius 2 is 1.47 bits per heavy atom. The molecule has 3 heteroatoms. The summed E-state index contributed by atoms with van der Waals surface area (Å²) in [5.41, 5.74) is 1.80. The van der Waals surface area contributed by atoms with Crippen LogP contribution in [0.4, 0.5) is 0 Å². The highest BCUT2D eigenvalue weighted by Gasteiger charge is 2.08. The number of aromatic nitrogens is 2. The Morgan fingerprint density at radius 1 is 1.07 bits per heavy atom. The third kappa shape index (κ3) is 4.28. The monoisotopic (exact) mass is 208 g/mol. The van der Waals surface area contributed by atoms with Gasteiger partial charge in [0.1, 0.15) is 11.4 Å². The van der Waals surface area contributed by atoms with Gasteiger partial charge in [0.15, 0.2) is 0 Å². The van der Waals surface area contributed by atoms with Crippen molar-refractivity contribution in [1.29, 1.82) is 0 Å².